The van der Waals surface area contributed by atoms with Crippen molar-refractivity contribution in [2.45, 2.75) is 70.1 Å². The molecule has 0 unspecified atom stereocenters. The number of nitrogens with zero attached hydrogens (tertiary/aromatic N) is 4. The van der Waals surface area contributed by atoms with Crippen molar-refractivity contribution in [2.24, 2.45) is 0 Å². The van der Waals surface area contributed by atoms with Gasteiger partial charge in [-0.25, -0.2) is 0 Å². The Morgan fingerprint density at radius 2 is 1.68 bits per heavy atom. The quantitative estimate of drug-likeness (QED) is 0.0904. The number of aryl methyl sites for hydroxylation is 1. The molecule has 3 aromatic carbocycles. The second kappa shape index (κ2) is 17.7. The number of hydrogen-bond donors (Lipinski definition) is 1. The van der Waals surface area contributed by atoms with Gasteiger partial charge in [-0.05, 0) is 97.0 Å². The van der Waals surface area contributed by atoms with E-state index in [1.807, 2.05) is 36.4 Å². The molecule has 248 valence electrons. The number of nitrogens with one attached hydrogen (secondary N) is 1. The van der Waals surface area contributed by atoms with Crippen LogP contribution in [0, 0.1) is 0 Å². The van der Waals surface area contributed by atoms with Gasteiger partial charge in [0.1, 0.15) is 24.5 Å². The first-order valence-electron chi connectivity index (χ1n) is 16.9. The average Bonchev–Trinajstić information content (AvgIpc) is 3.46. The molecule has 47 heavy (non-hydrogen) atoms. The smallest absolute Gasteiger partial charge is 0.251 e. The van der Waals surface area contributed by atoms with Gasteiger partial charge in [0, 0.05) is 48.1 Å². The first kappa shape index (κ1) is 34.3. The van der Waals surface area contributed by atoms with Crippen molar-refractivity contribution >= 4 is 35.1 Å². The largest absolute Gasteiger partial charge is 0.491 e. The predicted octanol–water partition coefficient (Wildman–Crippen LogP) is 8.49. The zero-order chi connectivity index (χ0) is 32.8. The van der Waals surface area contributed by atoms with Crippen LogP contribution < -0.4 is 15.0 Å². The van der Waals surface area contributed by atoms with Crippen LogP contribution in [0.4, 0.5) is 11.4 Å². The van der Waals surface area contributed by atoms with Gasteiger partial charge in [-0.2, -0.15) is 0 Å². The standard InChI is InChI=1S/C38H47N5O3S/c1-4-7-22-45-23-24-46-34-13-8-29(9-14-34)30-10-17-36-32(25-30)26-31(18-21-42(36)19-5-2)38(44)40-33-11-15-35(16-12-33)47-27-37-41-39-28-43(37)20-6-3/h8-17,25-26,28H,4-7,18-24,27H2,1-3H3,(H,40,44). The minimum atomic E-state index is -0.0621. The van der Waals surface area contributed by atoms with Gasteiger partial charge in [-0.1, -0.05) is 45.4 Å². The maximum absolute atomic E-state index is 13.6. The minimum Gasteiger partial charge on any atom is -0.491 e. The third-order valence-electron chi connectivity index (χ3n) is 8.10. The number of anilines is 2. The van der Waals surface area contributed by atoms with Crippen LogP contribution in [0.1, 0.15) is 64.3 Å². The Morgan fingerprint density at radius 1 is 0.894 bits per heavy atom. The number of thioether (sulfide) groups is 1. The first-order valence-corrected chi connectivity index (χ1v) is 17.9. The van der Waals surface area contributed by atoms with Crippen LogP contribution in [0.3, 0.4) is 0 Å². The molecule has 1 N–H and O–H groups in total. The van der Waals surface area contributed by atoms with Gasteiger partial charge in [0.25, 0.3) is 5.91 Å². The maximum Gasteiger partial charge on any atom is 0.251 e. The van der Waals surface area contributed by atoms with E-state index in [4.69, 9.17) is 9.47 Å². The number of ether oxygens (including phenoxy) is 2. The number of unbranched alkanes of at least 4 members (excludes halogenated alkanes) is 1. The molecule has 1 aromatic heterocycles. The summed E-state index contributed by atoms with van der Waals surface area (Å²) in [6.45, 7) is 11.1. The fourth-order valence-corrected chi connectivity index (χ4v) is 6.43. The highest BCUT2D eigenvalue weighted by Gasteiger charge is 2.20. The topological polar surface area (TPSA) is 81.5 Å². The number of benzene rings is 3. The SMILES string of the molecule is CCCCOCCOc1ccc(-c2ccc3c(c2)C=C(C(=O)Nc2ccc(SCc4nncn4CCC)cc2)CCN3CCC)cc1. The van der Waals surface area contributed by atoms with E-state index in [2.05, 4.69) is 82.2 Å². The van der Waals surface area contributed by atoms with Crippen molar-refractivity contribution < 1.29 is 14.3 Å². The summed E-state index contributed by atoms with van der Waals surface area (Å²) in [5.41, 5.74) is 6.00. The average molecular weight is 654 g/mol. The van der Waals surface area contributed by atoms with Gasteiger partial charge < -0.3 is 24.3 Å². The number of fused-ring (bicyclic) bond motifs is 1. The molecular weight excluding hydrogens is 607 g/mol. The summed E-state index contributed by atoms with van der Waals surface area (Å²) in [7, 11) is 0. The van der Waals surface area contributed by atoms with E-state index < -0.39 is 0 Å². The fourth-order valence-electron chi connectivity index (χ4n) is 5.58. The normalized spacial score (nSPS) is 12.7. The number of aromatic nitrogens is 3. The number of rotatable bonds is 17. The highest BCUT2D eigenvalue weighted by Crippen LogP contribution is 2.33. The minimum absolute atomic E-state index is 0.0621. The van der Waals surface area contributed by atoms with Gasteiger partial charge in [0.05, 0.1) is 12.4 Å². The molecule has 0 bridgehead atoms. The van der Waals surface area contributed by atoms with Crippen LogP contribution in [0.15, 0.2) is 83.5 Å². The van der Waals surface area contributed by atoms with Gasteiger partial charge in [0.15, 0.2) is 0 Å². The lowest BCUT2D eigenvalue weighted by atomic mass is 10.00. The van der Waals surface area contributed by atoms with E-state index in [0.29, 0.717) is 19.6 Å². The molecule has 0 saturated carbocycles. The van der Waals surface area contributed by atoms with Crippen molar-refractivity contribution in [2.75, 3.05) is 43.1 Å². The fraction of sp³-hybridized carbons (Fsp3) is 0.395. The number of hydrogen-bond acceptors (Lipinski definition) is 7. The van der Waals surface area contributed by atoms with Crippen LogP contribution in [-0.2, 0) is 21.8 Å². The molecule has 1 aliphatic heterocycles. The molecule has 1 amide bonds. The summed E-state index contributed by atoms with van der Waals surface area (Å²) >= 11 is 1.72. The molecule has 0 spiro atoms. The van der Waals surface area contributed by atoms with Gasteiger partial charge in [-0.3, -0.25) is 4.79 Å². The van der Waals surface area contributed by atoms with Crippen molar-refractivity contribution in [1.29, 1.82) is 0 Å². The van der Waals surface area contributed by atoms with Crippen molar-refractivity contribution in [3.8, 4) is 16.9 Å². The van der Waals surface area contributed by atoms with Gasteiger partial charge in [0.2, 0.25) is 0 Å². The first-order chi connectivity index (χ1) is 23.1. The van der Waals surface area contributed by atoms with Crippen LogP contribution in [0.25, 0.3) is 17.2 Å². The van der Waals surface area contributed by atoms with Crippen molar-refractivity contribution in [1.82, 2.24) is 14.8 Å². The maximum atomic E-state index is 13.6. The molecule has 5 rings (SSSR count). The van der Waals surface area contributed by atoms with Crippen LogP contribution in [0.2, 0.25) is 0 Å². The van der Waals surface area contributed by atoms with E-state index >= 15 is 0 Å². The van der Waals surface area contributed by atoms with Crippen LogP contribution in [0.5, 0.6) is 5.75 Å². The Labute approximate surface area is 283 Å². The van der Waals surface area contributed by atoms with Crippen molar-refractivity contribution in [3.05, 3.63) is 90.0 Å². The monoisotopic (exact) mass is 653 g/mol. The summed E-state index contributed by atoms with van der Waals surface area (Å²) in [6.07, 6.45) is 8.83. The second-order valence-electron chi connectivity index (χ2n) is 11.7. The number of amides is 1. The summed E-state index contributed by atoms with van der Waals surface area (Å²) in [5, 5.41) is 11.5. The lowest BCUT2D eigenvalue weighted by Gasteiger charge is -2.25. The van der Waals surface area contributed by atoms with E-state index in [9.17, 15) is 4.79 Å². The number of carbonyl (C=O) groups is 1. The Kier molecular flexibility index (Phi) is 12.9. The molecule has 4 aromatic rings. The van der Waals surface area contributed by atoms with Crippen molar-refractivity contribution in [3.63, 3.8) is 0 Å². The van der Waals surface area contributed by atoms with E-state index in [-0.39, 0.29) is 5.91 Å². The molecule has 9 heteroatoms. The Bertz CT molecular complexity index is 1600. The Hall–Kier alpha value is -4.08. The molecular formula is C38H47N5O3S. The Balaban J connectivity index is 1.24. The zero-order valence-electron chi connectivity index (χ0n) is 27.9. The molecule has 2 heterocycles. The highest BCUT2D eigenvalue weighted by molar-refractivity contribution is 7.98. The molecule has 8 nitrogen and oxygen atoms in total. The predicted molar refractivity (Wildman–Crippen MR) is 193 cm³/mol. The van der Waals surface area contributed by atoms with E-state index in [0.717, 1.165) is 108 Å². The summed E-state index contributed by atoms with van der Waals surface area (Å²) in [4.78, 5) is 17.1. The molecule has 0 radical (unpaired) electrons. The molecule has 0 fully saturated rings. The molecule has 0 saturated heterocycles. The van der Waals surface area contributed by atoms with Gasteiger partial charge in [-0.15, -0.1) is 22.0 Å². The highest BCUT2D eigenvalue weighted by atomic mass is 32.2. The molecule has 0 aliphatic carbocycles. The summed E-state index contributed by atoms with van der Waals surface area (Å²) in [6, 6.07) is 22.8. The second-order valence-corrected chi connectivity index (χ2v) is 12.8. The lowest BCUT2D eigenvalue weighted by Crippen LogP contribution is -2.26. The van der Waals surface area contributed by atoms with Crippen LogP contribution in [-0.4, -0.2) is 53.6 Å². The summed E-state index contributed by atoms with van der Waals surface area (Å²) in [5.74, 6) is 2.49. The lowest BCUT2D eigenvalue weighted by molar-refractivity contribution is -0.112. The number of carbonyl (C=O) groups excluding carboxylic acids is 1. The Morgan fingerprint density at radius 3 is 2.45 bits per heavy atom. The zero-order valence-corrected chi connectivity index (χ0v) is 28.7. The van der Waals surface area contributed by atoms with E-state index in [1.54, 1.807) is 18.1 Å². The van der Waals surface area contributed by atoms with Crippen LogP contribution >= 0.6 is 11.8 Å². The summed E-state index contributed by atoms with van der Waals surface area (Å²) < 4.78 is 13.6. The molecule has 1 aliphatic rings. The third kappa shape index (κ3) is 9.72. The van der Waals surface area contributed by atoms with Gasteiger partial charge >= 0.3 is 0 Å². The molecule has 0 atom stereocenters. The van der Waals surface area contributed by atoms with E-state index in [1.165, 1.54) is 0 Å². The third-order valence-corrected chi connectivity index (χ3v) is 9.11.